The van der Waals surface area contributed by atoms with Crippen LogP contribution in [0.1, 0.15) is 24.5 Å². The van der Waals surface area contributed by atoms with Gasteiger partial charge >= 0.3 is 0 Å². The molecule has 27 heavy (non-hydrogen) atoms. The second-order valence-corrected chi connectivity index (χ2v) is 6.53. The van der Waals surface area contributed by atoms with E-state index in [1.165, 1.54) is 11.1 Å². The highest BCUT2D eigenvalue weighted by molar-refractivity contribution is 5.86. The Labute approximate surface area is 161 Å². The summed E-state index contributed by atoms with van der Waals surface area (Å²) in [6.45, 7) is 6.19. The molecule has 0 aliphatic heterocycles. The van der Waals surface area contributed by atoms with Crippen molar-refractivity contribution in [1.82, 2.24) is 0 Å². The smallest absolute Gasteiger partial charge is 0.236 e. The van der Waals surface area contributed by atoms with Crippen molar-refractivity contribution in [3.8, 4) is 11.5 Å². The van der Waals surface area contributed by atoms with Gasteiger partial charge in [-0.15, -0.1) is 0 Å². The normalized spacial score (nSPS) is 12.5. The van der Waals surface area contributed by atoms with Crippen LogP contribution in [0.25, 0.3) is 0 Å². The lowest BCUT2D eigenvalue weighted by Gasteiger charge is -2.20. The Bertz CT molecular complexity index is 869. The number of rotatable bonds is 6. The molecular weight excluding hydrogens is 334 g/mol. The lowest BCUT2D eigenvalue weighted by atomic mass is 10.2. The molecule has 3 aromatic rings. The first-order valence-corrected chi connectivity index (χ1v) is 9.25. The van der Waals surface area contributed by atoms with Crippen molar-refractivity contribution < 1.29 is 9.47 Å². The standard InChI is InChI=1S/C24H25NO2/c1-4-23(26-22-16-12-19(3)13-17-22)24(27-21-8-6-5-7-9-21)25-20-14-10-18(2)11-15-20/h5-17,23H,4H2,1-3H3. The molecule has 0 saturated heterocycles. The third kappa shape index (κ3) is 5.45. The van der Waals surface area contributed by atoms with E-state index in [-0.39, 0.29) is 6.10 Å². The molecular formula is C24H25NO2. The fourth-order valence-electron chi connectivity index (χ4n) is 2.61. The van der Waals surface area contributed by atoms with Gasteiger partial charge in [0.2, 0.25) is 5.90 Å². The molecule has 0 aromatic heterocycles. The van der Waals surface area contributed by atoms with Crippen LogP contribution >= 0.6 is 0 Å². The minimum Gasteiger partial charge on any atom is -0.481 e. The summed E-state index contributed by atoms with van der Waals surface area (Å²) < 4.78 is 12.3. The maximum absolute atomic E-state index is 6.19. The van der Waals surface area contributed by atoms with Crippen LogP contribution < -0.4 is 9.47 Å². The van der Waals surface area contributed by atoms with Crippen LogP contribution in [0.15, 0.2) is 83.9 Å². The summed E-state index contributed by atoms with van der Waals surface area (Å²) in [7, 11) is 0. The van der Waals surface area contributed by atoms with E-state index >= 15 is 0 Å². The first-order chi connectivity index (χ1) is 13.1. The zero-order valence-corrected chi connectivity index (χ0v) is 16.1. The molecule has 0 N–H and O–H groups in total. The van der Waals surface area contributed by atoms with E-state index < -0.39 is 0 Å². The van der Waals surface area contributed by atoms with Crippen LogP contribution in [0.2, 0.25) is 0 Å². The molecule has 1 atom stereocenters. The van der Waals surface area contributed by atoms with Crippen molar-refractivity contribution in [3.05, 3.63) is 90.0 Å². The number of benzene rings is 3. The molecule has 3 heteroatoms. The molecule has 0 saturated carbocycles. The largest absolute Gasteiger partial charge is 0.481 e. The topological polar surface area (TPSA) is 30.8 Å². The lowest BCUT2D eigenvalue weighted by molar-refractivity contribution is 0.240. The highest BCUT2D eigenvalue weighted by Crippen LogP contribution is 2.21. The second-order valence-electron chi connectivity index (χ2n) is 6.53. The van der Waals surface area contributed by atoms with Gasteiger partial charge in [-0.1, -0.05) is 60.5 Å². The van der Waals surface area contributed by atoms with E-state index in [1.54, 1.807) is 0 Å². The second kappa shape index (κ2) is 9.04. The molecule has 0 aliphatic carbocycles. The summed E-state index contributed by atoms with van der Waals surface area (Å²) in [4.78, 5) is 4.75. The van der Waals surface area contributed by atoms with Crippen molar-refractivity contribution in [2.24, 2.45) is 4.99 Å². The van der Waals surface area contributed by atoms with Crippen LogP contribution in [0.5, 0.6) is 11.5 Å². The minimum absolute atomic E-state index is 0.283. The van der Waals surface area contributed by atoms with E-state index in [0.29, 0.717) is 5.90 Å². The van der Waals surface area contributed by atoms with Crippen LogP contribution in [0.4, 0.5) is 5.69 Å². The van der Waals surface area contributed by atoms with E-state index in [9.17, 15) is 0 Å². The van der Waals surface area contributed by atoms with Gasteiger partial charge in [0.25, 0.3) is 0 Å². The van der Waals surface area contributed by atoms with E-state index in [4.69, 9.17) is 14.5 Å². The number of hydrogen-bond acceptors (Lipinski definition) is 3. The Hall–Kier alpha value is -3.07. The SMILES string of the molecule is CCC(Oc1ccc(C)cc1)C(=Nc1ccc(C)cc1)Oc1ccccc1. The predicted molar refractivity (Wildman–Crippen MR) is 111 cm³/mol. The molecule has 1 unspecified atom stereocenters. The molecule has 0 spiro atoms. The highest BCUT2D eigenvalue weighted by Gasteiger charge is 2.19. The molecule has 0 amide bonds. The van der Waals surface area contributed by atoms with E-state index in [0.717, 1.165) is 23.6 Å². The lowest BCUT2D eigenvalue weighted by Crippen LogP contribution is -2.31. The fraction of sp³-hybridized carbons (Fsp3) is 0.208. The number of aryl methyl sites for hydroxylation is 2. The van der Waals surface area contributed by atoms with Crippen molar-refractivity contribution in [2.75, 3.05) is 0 Å². The Balaban J connectivity index is 1.90. The zero-order chi connectivity index (χ0) is 19.1. The molecule has 0 heterocycles. The van der Waals surface area contributed by atoms with Crippen LogP contribution in [0, 0.1) is 13.8 Å². The van der Waals surface area contributed by atoms with Crippen LogP contribution in [-0.2, 0) is 0 Å². The Kier molecular flexibility index (Phi) is 6.26. The van der Waals surface area contributed by atoms with Gasteiger partial charge in [-0.05, 0) is 56.7 Å². The van der Waals surface area contributed by atoms with Gasteiger partial charge in [0.05, 0.1) is 5.69 Å². The van der Waals surface area contributed by atoms with E-state index in [2.05, 4.69) is 20.8 Å². The molecule has 3 rings (SSSR count). The minimum atomic E-state index is -0.283. The maximum atomic E-state index is 6.19. The number of hydrogen-bond donors (Lipinski definition) is 0. The van der Waals surface area contributed by atoms with Gasteiger partial charge in [-0.25, -0.2) is 4.99 Å². The fourth-order valence-corrected chi connectivity index (χ4v) is 2.61. The molecule has 0 radical (unpaired) electrons. The summed E-state index contributed by atoms with van der Waals surface area (Å²) in [5, 5.41) is 0. The Morgan fingerprint density at radius 3 is 1.96 bits per heavy atom. The molecule has 0 fully saturated rings. The summed E-state index contributed by atoms with van der Waals surface area (Å²) in [6, 6.07) is 25.8. The van der Waals surface area contributed by atoms with E-state index in [1.807, 2.05) is 78.9 Å². The Morgan fingerprint density at radius 2 is 1.37 bits per heavy atom. The summed E-state index contributed by atoms with van der Waals surface area (Å²) in [5.74, 6) is 2.10. The third-order valence-corrected chi connectivity index (χ3v) is 4.18. The number of ether oxygens (including phenoxy) is 2. The number of aliphatic imine (C=N–C) groups is 1. The number of para-hydroxylation sites is 1. The summed E-state index contributed by atoms with van der Waals surface area (Å²) in [6.07, 6.45) is 0.458. The number of nitrogens with zero attached hydrogens (tertiary/aromatic N) is 1. The maximum Gasteiger partial charge on any atom is 0.236 e. The summed E-state index contributed by atoms with van der Waals surface area (Å²) in [5.41, 5.74) is 3.24. The molecule has 3 aromatic carbocycles. The molecule has 138 valence electrons. The van der Waals surface area contributed by atoms with Gasteiger partial charge < -0.3 is 9.47 Å². The van der Waals surface area contributed by atoms with Gasteiger partial charge in [-0.2, -0.15) is 0 Å². The van der Waals surface area contributed by atoms with Gasteiger partial charge in [0.1, 0.15) is 11.5 Å². The first kappa shape index (κ1) is 18.7. The highest BCUT2D eigenvalue weighted by atomic mass is 16.5. The van der Waals surface area contributed by atoms with Crippen LogP contribution in [-0.4, -0.2) is 12.0 Å². The first-order valence-electron chi connectivity index (χ1n) is 9.25. The predicted octanol–water partition coefficient (Wildman–Crippen LogP) is 6.27. The molecule has 0 bridgehead atoms. The summed E-state index contributed by atoms with van der Waals surface area (Å²) >= 11 is 0. The van der Waals surface area contributed by atoms with Gasteiger partial charge in [0.15, 0.2) is 6.10 Å². The molecule has 0 aliphatic rings. The van der Waals surface area contributed by atoms with Crippen LogP contribution in [0.3, 0.4) is 0 Å². The monoisotopic (exact) mass is 359 g/mol. The van der Waals surface area contributed by atoms with Crippen molar-refractivity contribution in [3.63, 3.8) is 0 Å². The van der Waals surface area contributed by atoms with Crippen molar-refractivity contribution >= 4 is 11.6 Å². The zero-order valence-electron chi connectivity index (χ0n) is 16.1. The molecule has 3 nitrogen and oxygen atoms in total. The third-order valence-electron chi connectivity index (χ3n) is 4.18. The van der Waals surface area contributed by atoms with Gasteiger partial charge in [-0.3, -0.25) is 0 Å². The quantitative estimate of drug-likeness (QED) is 0.383. The Morgan fingerprint density at radius 1 is 0.778 bits per heavy atom. The van der Waals surface area contributed by atoms with Crippen molar-refractivity contribution in [1.29, 1.82) is 0 Å². The van der Waals surface area contributed by atoms with Crippen molar-refractivity contribution in [2.45, 2.75) is 33.3 Å². The average Bonchev–Trinajstić information content (AvgIpc) is 2.69. The average molecular weight is 359 g/mol. The van der Waals surface area contributed by atoms with Gasteiger partial charge in [0, 0.05) is 0 Å².